The van der Waals surface area contributed by atoms with Gasteiger partial charge in [0.15, 0.2) is 9.84 Å². The van der Waals surface area contributed by atoms with Gasteiger partial charge in [0.05, 0.1) is 11.8 Å². The van der Waals surface area contributed by atoms with E-state index in [4.69, 9.17) is 0 Å². The van der Waals surface area contributed by atoms with Crippen molar-refractivity contribution >= 4 is 31.8 Å². The van der Waals surface area contributed by atoms with Gasteiger partial charge in [-0.05, 0) is 6.42 Å². The van der Waals surface area contributed by atoms with E-state index in [1.54, 1.807) is 0 Å². The molecule has 7 heteroatoms. The molecule has 0 bridgehead atoms. The van der Waals surface area contributed by atoms with Crippen LogP contribution in [0.15, 0.2) is 11.1 Å². The molecule has 16 heavy (non-hydrogen) atoms. The van der Waals surface area contributed by atoms with E-state index >= 15 is 0 Å². The topological polar surface area (TPSA) is 66.5 Å². The van der Waals surface area contributed by atoms with E-state index < -0.39 is 15.1 Å². The van der Waals surface area contributed by atoms with Crippen molar-refractivity contribution in [2.45, 2.75) is 11.7 Å². The predicted molar refractivity (Wildman–Crippen MR) is 66.3 cm³/mol. The van der Waals surface area contributed by atoms with Crippen molar-refractivity contribution in [2.24, 2.45) is 0 Å². The molecule has 0 aromatic heterocycles. The normalized spacial score (nSPS) is 20.9. The van der Waals surface area contributed by atoms with Gasteiger partial charge in [-0.25, -0.2) is 13.2 Å². The molecule has 1 aliphatic heterocycles. The standard InChI is InChI=1S/C9H15BrN2O3S/c1-7(10)5-11-9(13)12-4-3-8(6-12)16(2,14)15/h8H,1,3-6H2,2H3,(H,11,13)/t8-/m0/s1. The van der Waals surface area contributed by atoms with E-state index in [1.807, 2.05) is 0 Å². The second-order valence-corrected chi connectivity index (χ2v) is 7.31. The van der Waals surface area contributed by atoms with Crippen molar-refractivity contribution in [1.82, 2.24) is 10.2 Å². The Hall–Kier alpha value is -0.560. The summed E-state index contributed by atoms with van der Waals surface area (Å²) in [5, 5.41) is 2.22. The molecule has 1 rings (SSSR count). The molecule has 1 saturated heterocycles. The number of nitrogens with zero attached hydrogens (tertiary/aromatic N) is 1. The molecule has 1 aliphatic rings. The summed E-state index contributed by atoms with van der Waals surface area (Å²) in [7, 11) is -3.05. The van der Waals surface area contributed by atoms with E-state index in [0.717, 1.165) is 0 Å². The zero-order valence-corrected chi connectivity index (χ0v) is 11.5. The Kier molecular flexibility index (Phi) is 4.37. The van der Waals surface area contributed by atoms with Crippen molar-refractivity contribution in [3.8, 4) is 0 Å². The summed E-state index contributed by atoms with van der Waals surface area (Å²) in [5.41, 5.74) is 0. The Morgan fingerprint density at radius 1 is 1.62 bits per heavy atom. The second-order valence-electron chi connectivity index (χ2n) is 3.86. The molecule has 0 spiro atoms. The minimum atomic E-state index is -3.05. The van der Waals surface area contributed by atoms with Gasteiger partial charge in [0.2, 0.25) is 0 Å². The smallest absolute Gasteiger partial charge is 0.317 e. The van der Waals surface area contributed by atoms with Gasteiger partial charge in [0, 0.05) is 23.8 Å². The van der Waals surface area contributed by atoms with Gasteiger partial charge in [-0.2, -0.15) is 0 Å². The minimum Gasteiger partial charge on any atom is -0.333 e. The first kappa shape index (κ1) is 13.5. The number of hydrogen-bond donors (Lipinski definition) is 1. The Bertz CT molecular complexity index is 394. The lowest BCUT2D eigenvalue weighted by molar-refractivity contribution is 0.210. The summed E-state index contributed by atoms with van der Waals surface area (Å²) in [6, 6.07) is -0.244. The average Bonchev–Trinajstić information content (AvgIpc) is 2.61. The molecule has 5 nitrogen and oxygen atoms in total. The minimum absolute atomic E-state index is 0.244. The molecule has 0 aromatic carbocycles. The number of hydrogen-bond acceptors (Lipinski definition) is 3. The van der Waals surface area contributed by atoms with Gasteiger partial charge in [-0.15, -0.1) is 0 Å². The number of sulfone groups is 1. The number of carbonyl (C=O) groups is 1. The second kappa shape index (κ2) is 5.18. The van der Waals surface area contributed by atoms with Crippen LogP contribution in [0.3, 0.4) is 0 Å². The third kappa shape index (κ3) is 3.79. The molecule has 0 aliphatic carbocycles. The molecule has 1 atom stereocenters. The molecule has 1 fully saturated rings. The molecule has 0 saturated carbocycles. The molecular formula is C9H15BrN2O3S. The summed E-state index contributed by atoms with van der Waals surface area (Å²) in [5.74, 6) is 0. The van der Waals surface area contributed by atoms with Crippen LogP contribution in [0.2, 0.25) is 0 Å². The number of likely N-dealkylation sites (tertiary alicyclic amines) is 1. The summed E-state index contributed by atoms with van der Waals surface area (Å²) in [4.78, 5) is 13.1. The zero-order chi connectivity index (χ0) is 12.3. The summed E-state index contributed by atoms with van der Waals surface area (Å²) in [6.45, 7) is 4.70. The van der Waals surface area contributed by atoms with Crippen LogP contribution in [-0.2, 0) is 9.84 Å². The lowest BCUT2D eigenvalue weighted by Crippen LogP contribution is -2.40. The molecule has 2 amide bonds. The Morgan fingerprint density at radius 3 is 2.69 bits per heavy atom. The highest BCUT2D eigenvalue weighted by Gasteiger charge is 2.32. The number of amides is 2. The fourth-order valence-electron chi connectivity index (χ4n) is 1.55. The van der Waals surface area contributed by atoms with E-state index in [1.165, 1.54) is 11.2 Å². The van der Waals surface area contributed by atoms with Crippen LogP contribution in [0.1, 0.15) is 6.42 Å². The number of halogens is 1. The highest BCUT2D eigenvalue weighted by molar-refractivity contribution is 9.11. The summed E-state index contributed by atoms with van der Waals surface area (Å²) >= 11 is 3.13. The molecule has 1 heterocycles. The van der Waals surface area contributed by atoms with Crippen LogP contribution < -0.4 is 5.32 Å². The first-order chi connectivity index (χ1) is 7.30. The predicted octanol–water partition coefficient (Wildman–Crippen LogP) is 0.724. The third-order valence-electron chi connectivity index (χ3n) is 2.47. The first-order valence-electron chi connectivity index (χ1n) is 4.85. The summed E-state index contributed by atoms with van der Waals surface area (Å²) < 4.78 is 23.3. The highest BCUT2D eigenvalue weighted by Crippen LogP contribution is 2.16. The zero-order valence-electron chi connectivity index (χ0n) is 9.07. The molecule has 0 unspecified atom stereocenters. The van der Waals surface area contributed by atoms with Crippen LogP contribution in [0.4, 0.5) is 4.79 Å². The highest BCUT2D eigenvalue weighted by atomic mass is 79.9. The fraction of sp³-hybridized carbons (Fsp3) is 0.667. The fourth-order valence-corrected chi connectivity index (χ4v) is 2.67. The van der Waals surface area contributed by atoms with Crippen LogP contribution >= 0.6 is 15.9 Å². The molecule has 0 aromatic rings. The first-order valence-corrected chi connectivity index (χ1v) is 7.60. The van der Waals surface area contributed by atoms with Gasteiger partial charge < -0.3 is 10.2 Å². The van der Waals surface area contributed by atoms with E-state index in [9.17, 15) is 13.2 Å². The van der Waals surface area contributed by atoms with E-state index in [2.05, 4.69) is 27.8 Å². The maximum absolute atomic E-state index is 11.6. The third-order valence-corrected chi connectivity index (χ3v) is 4.35. The van der Waals surface area contributed by atoms with Crippen molar-refractivity contribution in [2.75, 3.05) is 25.9 Å². The van der Waals surface area contributed by atoms with Gasteiger partial charge in [-0.1, -0.05) is 22.5 Å². The van der Waals surface area contributed by atoms with Crippen LogP contribution in [0.25, 0.3) is 0 Å². The van der Waals surface area contributed by atoms with E-state index in [0.29, 0.717) is 24.0 Å². The van der Waals surface area contributed by atoms with E-state index in [-0.39, 0.29) is 12.6 Å². The Morgan fingerprint density at radius 2 is 2.25 bits per heavy atom. The maximum Gasteiger partial charge on any atom is 0.317 e. The molecule has 1 N–H and O–H groups in total. The monoisotopic (exact) mass is 310 g/mol. The lowest BCUT2D eigenvalue weighted by atomic mass is 10.4. The van der Waals surface area contributed by atoms with Crippen LogP contribution in [0, 0.1) is 0 Å². The maximum atomic E-state index is 11.6. The molecule has 0 radical (unpaired) electrons. The number of carbonyl (C=O) groups excluding carboxylic acids is 1. The lowest BCUT2D eigenvalue weighted by Gasteiger charge is -2.16. The van der Waals surface area contributed by atoms with Crippen molar-refractivity contribution in [3.63, 3.8) is 0 Å². The van der Waals surface area contributed by atoms with Gasteiger partial charge in [-0.3, -0.25) is 0 Å². The van der Waals surface area contributed by atoms with Gasteiger partial charge >= 0.3 is 6.03 Å². The number of urea groups is 1. The van der Waals surface area contributed by atoms with Crippen molar-refractivity contribution < 1.29 is 13.2 Å². The number of nitrogens with one attached hydrogen (secondary N) is 1. The Balaban J connectivity index is 2.47. The van der Waals surface area contributed by atoms with Gasteiger partial charge in [0.25, 0.3) is 0 Å². The Labute approximate surface area is 104 Å². The van der Waals surface area contributed by atoms with Gasteiger partial charge in [0.1, 0.15) is 0 Å². The summed E-state index contributed by atoms with van der Waals surface area (Å²) in [6.07, 6.45) is 1.72. The SMILES string of the molecule is C=C(Br)CNC(=O)N1CC[C@H](S(C)(=O)=O)C1. The number of rotatable bonds is 3. The molecule has 92 valence electrons. The van der Waals surface area contributed by atoms with Crippen LogP contribution in [0.5, 0.6) is 0 Å². The van der Waals surface area contributed by atoms with Crippen molar-refractivity contribution in [1.29, 1.82) is 0 Å². The van der Waals surface area contributed by atoms with Crippen molar-refractivity contribution in [3.05, 3.63) is 11.1 Å². The van der Waals surface area contributed by atoms with Crippen LogP contribution in [-0.4, -0.2) is 50.5 Å². The average molecular weight is 311 g/mol. The quantitative estimate of drug-likeness (QED) is 0.835. The largest absolute Gasteiger partial charge is 0.333 e. The molecular weight excluding hydrogens is 296 g/mol.